The molecule has 0 saturated heterocycles. The van der Waals surface area contributed by atoms with Gasteiger partial charge in [0.05, 0.1) is 7.11 Å². The summed E-state index contributed by atoms with van der Waals surface area (Å²) in [6.45, 7) is 2.73. The van der Waals surface area contributed by atoms with Crippen LogP contribution in [0.15, 0.2) is 6.07 Å². The van der Waals surface area contributed by atoms with Crippen molar-refractivity contribution in [3.05, 3.63) is 11.9 Å². The first kappa shape index (κ1) is 13.4. The standard InChI is InChI=1S/C13H20ClN3O/c1-10-16-11(7-12(17-10)18-2)15-9-13(8-14)5-3-4-6-13/h7H,3-6,8-9H2,1-2H3,(H,15,16,17). The van der Waals surface area contributed by atoms with Crippen LogP contribution in [-0.4, -0.2) is 29.5 Å². The van der Waals surface area contributed by atoms with Crippen molar-refractivity contribution < 1.29 is 4.74 Å². The normalized spacial score (nSPS) is 17.7. The van der Waals surface area contributed by atoms with Crippen LogP contribution >= 0.6 is 11.6 Å². The highest BCUT2D eigenvalue weighted by Crippen LogP contribution is 2.39. The molecule has 1 aliphatic carbocycles. The number of hydrogen-bond donors (Lipinski definition) is 1. The van der Waals surface area contributed by atoms with Gasteiger partial charge in [0, 0.05) is 23.9 Å². The van der Waals surface area contributed by atoms with Gasteiger partial charge < -0.3 is 10.1 Å². The maximum Gasteiger partial charge on any atom is 0.218 e. The molecular weight excluding hydrogens is 250 g/mol. The molecule has 18 heavy (non-hydrogen) atoms. The van der Waals surface area contributed by atoms with Crippen LogP contribution in [0.25, 0.3) is 0 Å². The Labute approximate surface area is 113 Å². The first-order valence-electron chi connectivity index (χ1n) is 6.37. The average Bonchev–Trinajstić information content (AvgIpc) is 2.85. The predicted molar refractivity (Wildman–Crippen MR) is 73.4 cm³/mol. The molecule has 1 aliphatic rings. The van der Waals surface area contributed by atoms with E-state index in [4.69, 9.17) is 16.3 Å². The average molecular weight is 270 g/mol. The molecule has 1 aromatic heterocycles. The summed E-state index contributed by atoms with van der Waals surface area (Å²) in [6, 6.07) is 1.82. The van der Waals surface area contributed by atoms with Gasteiger partial charge >= 0.3 is 0 Å². The van der Waals surface area contributed by atoms with Gasteiger partial charge in [0.25, 0.3) is 0 Å². The second-order valence-corrected chi connectivity index (χ2v) is 5.30. The molecule has 0 bridgehead atoms. The topological polar surface area (TPSA) is 47.0 Å². The fourth-order valence-electron chi connectivity index (χ4n) is 2.50. The van der Waals surface area contributed by atoms with E-state index >= 15 is 0 Å². The SMILES string of the molecule is COc1cc(NCC2(CCl)CCCC2)nc(C)n1. The maximum atomic E-state index is 6.12. The van der Waals surface area contributed by atoms with E-state index in [1.54, 1.807) is 7.11 Å². The highest BCUT2D eigenvalue weighted by atomic mass is 35.5. The lowest BCUT2D eigenvalue weighted by atomic mass is 9.88. The smallest absolute Gasteiger partial charge is 0.218 e. The van der Waals surface area contributed by atoms with Gasteiger partial charge in [0.15, 0.2) is 0 Å². The largest absolute Gasteiger partial charge is 0.481 e. The molecule has 0 spiro atoms. The lowest BCUT2D eigenvalue weighted by Crippen LogP contribution is -2.28. The highest BCUT2D eigenvalue weighted by molar-refractivity contribution is 6.18. The van der Waals surface area contributed by atoms with Gasteiger partial charge in [-0.05, 0) is 19.8 Å². The molecule has 1 saturated carbocycles. The summed E-state index contributed by atoms with van der Waals surface area (Å²) in [5.41, 5.74) is 0.230. The van der Waals surface area contributed by atoms with Crippen LogP contribution in [0.4, 0.5) is 5.82 Å². The lowest BCUT2D eigenvalue weighted by molar-refractivity contribution is 0.367. The quantitative estimate of drug-likeness (QED) is 0.835. The number of hydrogen-bond acceptors (Lipinski definition) is 4. The first-order valence-corrected chi connectivity index (χ1v) is 6.90. The second-order valence-electron chi connectivity index (χ2n) is 5.04. The zero-order valence-corrected chi connectivity index (χ0v) is 11.8. The van der Waals surface area contributed by atoms with Gasteiger partial charge in [0.1, 0.15) is 11.6 Å². The first-order chi connectivity index (χ1) is 8.67. The van der Waals surface area contributed by atoms with Crippen LogP contribution in [0.3, 0.4) is 0 Å². The summed E-state index contributed by atoms with van der Waals surface area (Å²) in [6.07, 6.45) is 4.95. The van der Waals surface area contributed by atoms with Crippen molar-refractivity contribution in [3.63, 3.8) is 0 Å². The Hall–Kier alpha value is -1.03. The molecule has 4 nitrogen and oxygen atoms in total. The van der Waals surface area contributed by atoms with Crippen LogP contribution in [0.2, 0.25) is 0 Å². The van der Waals surface area contributed by atoms with Crippen molar-refractivity contribution >= 4 is 17.4 Å². The van der Waals surface area contributed by atoms with E-state index in [1.165, 1.54) is 25.7 Å². The molecule has 1 fully saturated rings. The Kier molecular flexibility index (Phi) is 4.27. The Morgan fingerprint density at radius 2 is 2.11 bits per heavy atom. The maximum absolute atomic E-state index is 6.12. The molecule has 2 rings (SSSR count). The van der Waals surface area contributed by atoms with E-state index < -0.39 is 0 Å². The fraction of sp³-hybridized carbons (Fsp3) is 0.692. The van der Waals surface area contributed by atoms with E-state index in [9.17, 15) is 0 Å². The number of ether oxygens (including phenoxy) is 1. The third-order valence-electron chi connectivity index (χ3n) is 3.62. The van der Waals surface area contributed by atoms with Crippen LogP contribution in [0.5, 0.6) is 5.88 Å². The number of anilines is 1. The Morgan fingerprint density at radius 3 is 2.72 bits per heavy atom. The van der Waals surface area contributed by atoms with E-state index in [0.29, 0.717) is 17.6 Å². The Morgan fingerprint density at radius 1 is 1.39 bits per heavy atom. The number of alkyl halides is 1. The number of aryl methyl sites for hydroxylation is 1. The summed E-state index contributed by atoms with van der Waals surface area (Å²) in [5.74, 6) is 2.83. The van der Waals surface area contributed by atoms with Gasteiger partial charge in [-0.15, -0.1) is 11.6 Å². The van der Waals surface area contributed by atoms with Crippen LogP contribution in [0, 0.1) is 12.3 Å². The monoisotopic (exact) mass is 269 g/mol. The van der Waals surface area contributed by atoms with Crippen LogP contribution in [0.1, 0.15) is 31.5 Å². The molecule has 0 aromatic carbocycles. The van der Waals surface area contributed by atoms with Gasteiger partial charge in [-0.25, -0.2) is 4.98 Å². The molecule has 0 radical (unpaired) electrons. The number of rotatable bonds is 5. The molecule has 5 heteroatoms. The van der Waals surface area contributed by atoms with Crippen molar-refractivity contribution in [2.24, 2.45) is 5.41 Å². The van der Waals surface area contributed by atoms with Crippen LogP contribution in [-0.2, 0) is 0 Å². The number of nitrogens with zero attached hydrogens (tertiary/aromatic N) is 2. The van der Waals surface area contributed by atoms with E-state index in [0.717, 1.165) is 12.4 Å². The van der Waals surface area contributed by atoms with Crippen LogP contribution < -0.4 is 10.1 Å². The van der Waals surface area contributed by atoms with Gasteiger partial charge in [-0.2, -0.15) is 4.98 Å². The molecule has 0 aliphatic heterocycles. The van der Waals surface area contributed by atoms with Crippen molar-refractivity contribution in [2.45, 2.75) is 32.6 Å². The Bertz CT molecular complexity index is 405. The summed E-state index contributed by atoms with van der Waals surface area (Å²) >= 11 is 6.12. The summed E-state index contributed by atoms with van der Waals surface area (Å²) in [5, 5.41) is 3.38. The number of methoxy groups -OCH3 is 1. The van der Waals surface area contributed by atoms with Gasteiger partial charge in [-0.3, -0.25) is 0 Å². The zero-order valence-electron chi connectivity index (χ0n) is 11.0. The van der Waals surface area contributed by atoms with Gasteiger partial charge in [0.2, 0.25) is 5.88 Å². The molecule has 1 aromatic rings. The molecular formula is C13H20ClN3O. The molecule has 1 N–H and O–H groups in total. The lowest BCUT2D eigenvalue weighted by Gasteiger charge is -2.26. The van der Waals surface area contributed by atoms with Crippen molar-refractivity contribution in [2.75, 3.05) is 24.9 Å². The highest BCUT2D eigenvalue weighted by Gasteiger charge is 2.32. The Balaban J connectivity index is 2.03. The predicted octanol–water partition coefficient (Wildman–Crippen LogP) is 3.00. The minimum Gasteiger partial charge on any atom is -0.481 e. The molecule has 0 unspecified atom stereocenters. The fourth-order valence-corrected chi connectivity index (χ4v) is 2.86. The molecule has 0 atom stereocenters. The molecule has 100 valence electrons. The van der Waals surface area contributed by atoms with E-state index in [-0.39, 0.29) is 5.41 Å². The van der Waals surface area contributed by atoms with E-state index in [2.05, 4.69) is 15.3 Å². The minimum atomic E-state index is 0.230. The summed E-state index contributed by atoms with van der Waals surface area (Å²) in [4.78, 5) is 8.53. The summed E-state index contributed by atoms with van der Waals surface area (Å²) in [7, 11) is 1.61. The summed E-state index contributed by atoms with van der Waals surface area (Å²) < 4.78 is 5.14. The van der Waals surface area contributed by atoms with E-state index in [1.807, 2.05) is 13.0 Å². The van der Waals surface area contributed by atoms with Crippen molar-refractivity contribution in [3.8, 4) is 5.88 Å². The molecule has 1 heterocycles. The number of halogens is 1. The van der Waals surface area contributed by atoms with Crippen molar-refractivity contribution in [1.82, 2.24) is 9.97 Å². The number of nitrogens with one attached hydrogen (secondary N) is 1. The third kappa shape index (κ3) is 3.05. The second kappa shape index (κ2) is 5.74. The van der Waals surface area contributed by atoms with Gasteiger partial charge in [-0.1, -0.05) is 12.8 Å². The minimum absolute atomic E-state index is 0.230. The number of aromatic nitrogens is 2. The van der Waals surface area contributed by atoms with Crippen molar-refractivity contribution in [1.29, 1.82) is 0 Å². The molecule has 0 amide bonds. The third-order valence-corrected chi connectivity index (χ3v) is 4.18. The zero-order chi connectivity index (χ0) is 13.0.